The normalized spacial score (nSPS) is 15.9. The number of ketones is 1. The lowest BCUT2D eigenvalue weighted by Gasteiger charge is -2.24. The van der Waals surface area contributed by atoms with Gasteiger partial charge < -0.3 is 25.4 Å². The van der Waals surface area contributed by atoms with Crippen molar-refractivity contribution in [1.29, 1.82) is 0 Å². The second-order valence-corrected chi connectivity index (χ2v) is 9.15. The van der Waals surface area contributed by atoms with Crippen LogP contribution in [-0.4, -0.2) is 33.1 Å². The molecule has 1 aliphatic heterocycles. The Kier molecular flexibility index (Phi) is 5.00. The highest BCUT2D eigenvalue weighted by Crippen LogP contribution is 2.46. The first-order valence-corrected chi connectivity index (χ1v) is 10.3. The zero-order chi connectivity index (χ0) is 23.4. The highest BCUT2D eigenvalue weighted by atomic mass is 16.5. The van der Waals surface area contributed by atoms with Gasteiger partial charge in [0.25, 0.3) is 5.91 Å². The van der Waals surface area contributed by atoms with Crippen molar-refractivity contribution in [2.24, 2.45) is 0 Å². The molecule has 7 heteroatoms. The fourth-order valence-electron chi connectivity index (χ4n) is 3.98. The van der Waals surface area contributed by atoms with Gasteiger partial charge in [0, 0.05) is 23.6 Å². The van der Waals surface area contributed by atoms with Crippen LogP contribution in [-0.2, 0) is 5.41 Å². The Balaban J connectivity index is 1.82. The van der Waals surface area contributed by atoms with Crippen LogP contribution in [0.1, 0.15) is 60.4 Å². The number of hydrogen-bond acceptors (Lipinski definition) is 6. The summed E-state index contributed by atoms with van der Waals surface area (Å²) < 4.78 is 5.69. The lowest BCUT2D eigenvalue weighted by Crippen LogP contribution is -2.24. The molecule has 1 atom stereocenters. The van der Waals surface area contributed by atoms with E-state index in [1.165, 1.54) is 6.07 Å². The molecule has 4 rings (SSSR count). The van der Waals surface area contributed by atoms with Crippen molar-refractivity contribution in [2.75, 3.05) is 5.32 Å². The van der Waals surface area contributed by atoms with Crippen LogP contribution < -0.4 is 10.1 Å². The van der Waals surface area contributed by atoms with E-state index in [2.05, 4.69) is 26.1 Å². The molecule has 0 saturated carbocycles. The van der Waals surface area contributed by atoms with Gasteiger partial charge in [-0.3, -0.25) is 9.59 Å². The Bertz CT molecular complexity index is 1250. The molecule has 0 bridgehead atoms. The number of Topliss-reactive ketones (excluding diaryl/α,β-unsaturated/α-hetero) is 1. The number of amides is 1. The average Bonchev–Trinajstić information content (AvgIpc) is 2.66. The van der Waals surface area contributed by atoms with Gasteiger partial charge in [0.15, 0.2) is 5.78 Å². The molecule has 0 spiro atoms. The van der Waals surface area contributed by atoms with E-state index in [0.717, 1.165) is 11.6 Å². The average molecular weight is 435 g/mol. The van der Waals surface area contributed by atoms with Crippen molar-refractivity contribution in [3.63, 3.8) is 0 Å². The molecular weight excluding hydrogens is 410 g/mol. The number of carbonyl (C=O) groups excluding carboxylic acids is 2. The molecule has 1 amide bonds. The van der Waals surface area contributed by atoms with Crippen molar-refractivity contribution >= 4 is 28.2 Å². The van der Waals surface area contributed by atoms with Crippen LogP contribution in [0.25, 0.3) is 10.8 Å². The molecule has 1 aliphatic rings. The van der Waals surface area contributed by atoms with Gasteiger partial charge in [-0.15, -0.1) is 0 Å². The number of phenols is 3. The van der Waals surface area contributed by atoms with Crippen LogP contribution >= 0.6 is 0 Å². The molecule has 0 saturated heterocycles. The Morgan fingerprint density at radius 2 is 1.72 bits per heavy atom. The Hall–Kier alpha value is -3.74. The number of phenolic OH excluding ortho intramolecular Hbond substituents is 3. The van der Waals surface area contributed by atoms with Crippen LogP contribution in [0.2, 0.25) is 0 Å². The molecule has 7 nitrogen and oxygen atoms in total. The standard InChI is InChI=1S/C25H25NO6/c1-12-9-16(27)22-19(32-12)10-15-20(23(22)30)17(28)11-18(29)21(15)24(31)26-14-7-5-13(6-8-14)25(2,3)4/h5-8,10-12,28-30H,9H2,1-4H3,(H,26,31). The highest BCUT2D eigenvalue weighted by Gasteiger charge is 2.31. The van der Waals surface area contributed by atoms with Gasteiger partial charge in [-0.25, -0.2) is 0 Å². The van der Waals surface area contributed by atoms with Gasteiger partial charge in [0.1, 0.15) is 34.7 Å². The maximum atomic E-state index is 13.1. The van der Waals surface area contributed by atoms with Crippen molar-refractivity contribution < 1.29 is 29.6 Å². The van der Waals surface area contributed by atoms with Crippen molar-refractivity contribution in [3.05, 3.63) is 53.1 Å². The van der Waals surface area contributed by atoms with Gasteiger partial charge in [-0.05, 0) is 36.1 Å². The quantitative estimate of drug-likeness (QED) is 0.457. The zero-order valence-corrected chi connectivity index (χ0v) is 18.3. The zero-order valence-electron chi connectivity index (χ0n) is 18.3. The molecular formula is C25H25NO6. The predicted octanol–water partition coefficient (Wildman–Crippen LogP) is 4.86. The molecule has 3 aromatic carbocycles. The Labute approximate surface area is 185 Å². The molecule has 0 aromatic heterocycles. The van der Waals surface area contributed by atoms with E-state index in [0.29, 0.717) is 5.69 Å². The molecule has 0 aliphatic carbocycles. The van der Waals surface area contributed by atoms with Gasteiger partial charge in [0.05, 0.1) is 10.9 Å². The second-order valence-electron chi connectivity index (χ2n) is 9.15. The molecule has 3 aromatic rings. The van der Waals surface area contributed by atoms with Crippen molar-refractivity contribution in [2.45, 2.75) is 45.6 Å². The third-order valence-electron chi connectivity index (χ3n) is 5.64. The molecule has 4 N–H and O–H groups in total. The number of carbonyl (C=O) groups is 2. The summed E-state index contributed by atoms with van der Waals surface area (Å²) in [6.07, 6.45) is -0.320. The molecule has 1 heterocycles. The number of nitrogens with one attached hydrogen (secondary N) is 1. The van der Waals surface area contributed by atoms with E-state index in [1.807, 2.05) is 12.1 Å². The smallest absolute Gasteiger partial charge is 0.260 e. The summed E-state index contributed by atoms with van der Waals surface area (Å²) in [5, 5.41) is 34.3. The fraction of sp³-hybridized carbons (Fsp3) is 0.280. The van der Waals surface area contributed by atoms with Crippen LogP contribution in [0.4, 0.5) is 5.69 Å². The predicted molar refractivity (Wildman–Crippen MR) is 121 cm³/mol. The van der Waals surface area contributed by atoms with E-state index in [4.69, 9.17) is 4.74 Å². The maximum absolute atomic E-state index is 13.1. The maximum Gasteiger partial charge on any atom is 0.260 e. The lowest BCUT2D eigenvalue weighted by atomic mass is 9.87. The lowest BCUT2D eigenvalue weighted by molar-refractivity contribution is 0.0867. The number of benzene rings is 3. The second kappa shape index (κ2) is 7.44. The SMILES string of the molecule is CC1CC(=O)c2c(cc3c(C(=O)Nc4ccc(C(C)(C)C)cc4)c(O)cc(O)c3c2O)O1. The molecule has 32 heavy (non-hydrogen) atoms. The van der Waals surface area contributed by atoms with Crippen LogP contribution in [0.15, 0.2) is 36.4 Å². The summed E-state index contributed by atoms with van der Waals surface area (Å²) in [6, 6.07) is 9.72. The number of fused-ring (bicyclic) bond motifs is 2. The summed E-state index contributed by atoms with van der Waals surface area (Å²) in [5.41, 5.74) is 1.39. The van der Waals surface area contributed by atoms with Crippen molar-refractivity contribution in [3.8, 4) is 23.0 Å². The van der Waals surface area contributed by atoms with E-state index < -0.39 is 29.3 Å². The van der Waals surface area contributed by atoms with E-state index in [9.17, 15) is 24.9 Å². The number of anilines is 1. The summed E-state index contributed by atoms with van der Waals surface area (Å²) in [6.45, 7) is 7.98. The Morgan fingerprint density at radius 3 is 2.34 bits per heavy atom. The first-order valence-electron chi connectivity index (χ1n) is 10.3. The minimum absolute atomic E-state index is 0.0410. The van der Waals surface area contributed by atoms with Gasteiger partial charge in [0.2, 0.25) is 0 Å². The minimum atomic E-state index is -0.634. The third kappa shape index (κ3) is 3.60. The first-order chi connectivity index (χ1) is 15.0. The van der Waals surface area contributed by atoms with Crippen molar-refractivity contribution in [1.82, 2.24) is 0 Å². The van der Waals surface area contributed by atoms with Crippen LogP contribution in [0.5, 0.6) is 23.0 Å². The molecule has 166 valence electrons. The van der Waals surface area contributed by atoms with Crippen LogP contribution in [0.3, 0.4) is 0 Å². The molecule has 1 unspecified atom stereocenters. The summed E-state index contributed by atoms with van der Waals surface area (Å²) >= 11 is 0. The number of ether oxygens (including phenoxy) is 1. The number of aromatic hydroxyl groups is 3. The van der Waals surface area contributed by atoms with Gasteiger partial charge >= 0.3 is 0 Å². The topological polar surface area (TPSA) is 116 Å². The van der Waals surface area contributed by atoms with Crippen LogP contribution in [0, 0.1) is 0 Å². The Morgan fingerprint density at radius 1 is 1.06 bits per heavy atom. The number of hydrogen-bond donors (Lipinski definition) is 4. The fourth-order valence-corrected chi connectivity index (χ4v) is 3.98. The summed E-state index contributed by atoms with van der Waals surface area (Å²) in [5.74, 6) is -2.24. The summed E-state index contributed by atoms with van der Waals surface area (Å²) in [4.78, 5) is 25.6. The highest BCUT2D eigenvalue weighted by molar-refractivity contribution is 6.19. The first kappa shape index (κ1) is 21.5. The molecule has 0 fully saturated rings. The monoisotopic (exact) mass is 435 g/mol. The van der Waals surface area contributed by atoms with Gasteiger partial charge in [-0.1, -0.05) is 32.9 Å². The van der Waals surface area contributed by atoms with E-state index in [1.54, 1.807) is 19.1 Å². The largest absolute Gasteiger partial charge is 0.507 e. The van der Waals surface area contributed by atoms with E-state index >= 15 is 0 Å². The number of rotatable bonds is 2. The third-order valence-corrected chi connectivity index (χ3v) is 5.64. The van der Waals surface area contributed by atoms with E-state index in [-0.39, 0.29) is 45.3 Å². The summed E-state index contributed by atoms with van der Waals surface area (Å²) in [7, 11) is 0. The molecule has 0 radical (unpaired) electrons. The minimum Gasteiger partial charge on any atom is -0.507 e. The van der Waals surface area contributed by atoms with Gasteiger partial charge in [-0.2, -0.15) is 0 Å².